The minimum absolute atomic E-state index is 0.110. The molecular formula is C11H11NO3S. The van der Waals surface area contributed by atoms with E-state index in [0.29, 0.717) is 10.5 Å². The number of carbonyl (C=O) groups is 1. The van der Waals surface area contributed by atoms with Crippen LogP contribution in [-0.2, 0) is 11.3 Å². The number of hydrogen-bond acceptors (Lipinski definition) is 5. The first-order valence-corrected chi connectivity index (χ1v) is 5.13. The molecular weight excluding hydrogens is 226 g/mol. The zero-order valence-electron chi connectivity index (χ0n) is 8.73. The highest BCUT2D eigenvalue weighted by atomic mass is 32.1. The van der Waals surface area contributed by atoms with Crippen LogP contribution < -0.4 is 0 Å². The zero-order chi connectivity index (χ0) is 12.1. The first-order valence-electron chi connectivity index (χ1n) is 4.68. The molecule has 16 heavy (non-hydrogen) atoms. The van der Waals surface area contributed by atoms with Crippen LogP contribution in [0.4, 0.5) is 0 Å². The van der Waals surface area contributed by atoms with Gasteiger partial charge in [-0.1, -0.05) is 6.07 Å². The van der Waals surface area contributed by atoms with Gasteiger partial charge in [0, 0.05) is 4.90 Å². The summed E-state index contributed by atoms with van der Waals surface area (Å²) in [4.78, 5) is 11.9. The summed E-state index contributed by atoms with van der Waals surface area (Å²) in [6.45, 7) is 1.66. The summed E-state index contributed by atoms with van der Waals surface area (Å²) in [7, 11) is 0. The highest BCUT2D eigenvalue weighted by Gasteiger charge is 2.18. The molecule has 0 spiro atoms. The van der Waals surface area contributed by atoms with Crippen LogP contribution in [-0.4, -0.2) is 17.7 Å². The minimum atomic E-state index is -0.598. The summed E-state index contributed by atoms with van der Waals surface area (Å²) in [6.07, 6.45) is 0. The summed E-state index contributed by atoms with van der Waals surface area (Å²) in [5.74, 6) is -0.598. The Kier molecular flexibility index (Phi) is 4.35. The Balaban J connectivity index is 3.33. The zero-order valence-corrected chi connectivity index (χ0v) is 9.62. The molecule has 0 unspecified atom stereocenters. The van der Waals surface area contributed by atoms with E-state index in [1.807, 2.05) is 6.07 Å². The number of nitrogens with zero attached hydrogens (tertiary/aromatic N) is 1. The van der Waals surface area contributed by atoms with Gasteiger partial charge in [-0.3, -0.25) is 0 Å². The van der Waals surface area contributed by atoms with Gasteiger partial charge in [-0.2, -0.15) is 5.26 Å². The van der Waals surface area contributed by atoms with Crippen molar-refractivity contribution in [2.75, 3.05) is 6.61 Å². The lowest BCUT2D eigenvalue weighted by Crippen LogP contribution is -2.09. The van der Waals surface area contributed by atoms with Crippen LogP contribution in [0, 0.1) is 11.3 Å². The molecule has 0 atom stereocenters. The lowest BCUT2D eigenvalue weighted by molar-refractivity contribution is 0.0521. The average Bonchev–Trinajstić information content (AvgIpc) is 2.28. The van der Waals surface area contributed by atoms with Crippen molar-refractivity contribution in [1.29, 1.82) is 5.26 Å². The van der Waals surface area contributed by atoms with Gasteiger partial charge in [0.05, 0.1) is 24.3 Å². The van der Waals surface area contributed by atoms with E-state index in [1.54, 1.807) is 13.0 Å². The summed E-state index contributed by atoms with van der Waals surface area (Å²) >= 11 is 4.14. The van der Waals surface area contributed by atoms with Crippen LogP contribution in [0.3, 0.4) is 0 Å². The topological polar surface area (TPSA) is 70.3 Å². The predicted octanol–water partition coefficient (Wildman–Crippen LogP) is 1.52. The quantitative estimate of drug-likeness (QED) is 0.617. The fraction of sp³-hybridized carbons (Fsp3) is 0.273. The van der Waals surface area contributed by atoms with E-state index in [4.69, 9.17) is 15.1 Å². The van der Waals surface area contributed by atoms with Crippen LogP contribution >= 0.6 is 12.6 Å². The van der Waals surface area contributed by atoms with Gasteiger partial charge in [0.25, 0.3) is 0 Å². The lowest BCUT2D eigenvalue weighted by Gasteiger charge is -2.09. The van der Waals surface area contributed by atoms with E-state index in [1.165, 1.54) is 6.07 Å². The molecule has 0 saturated heterocycles. The number of carbonyl (C=O) groups excluding carboxylic acids is 1. The van der Waals surface area contributed by atoms with Gasteiger partial charge < -0.3 is 9.84 Å². The predicted molar refractivity (Wildman–Crippen MR) is 60.3 cm³/mol. The van der Waals surface area contributed by atoms with Gasteiger partial charge in [0.15, 0.2) is 0 Å². The molecule has 0 aliphatic heterocycles. The maximum absolute atomic E-state index is 11.6. The Morgan fingerprint density at radius 2 is 2.31 bits per heavy atom. The fourth-order valence-electron chi connectivity index (χ4n) is 1.26. The van der Waals surface area contributed by atoms with Crippen molar-refractivity contribution in [3.05, 3.63) is 28.8 Å². The molecule has 0 bridgehead atoms. The third-order valence-corrected chi connectivity index (χ3v) is 2.54. The second-order valence-electron chi connectivity index (χ2n) is 2.99. The Bertz CT molecular complexity index is 451. The van der Waals surface area contributed by atoms with Crippen molar-refractivity contribution >= 4 is 18.6 Å². The number of hydrogen-bond donors (Lipinski definition) is 2. The molecule has 5 heteroatoms. The molecule has 1 rings (SSSR count). The molecule has 1 N–H and O–H groups in total. The number of ether oxygens (including phenoxy) is 1. The van der Waals surface area contributed by atoms with E-state index in [2.05, 4.69) is 12.6 Å². The third kappa shape index (κ3) is 2.35. The van der Waals surface area contributed by atoms with Gasteiger partial charge in [0.1, 0.15) is 6.07 Å². The Morgan fingerprint density at radius 3 is 2.81 bits per heavy atom. The van der Waals surface area contributed by atoms with Crippen molar-refractivity contribution in [1.82, 2.24) is 0 Å². The molecule has 1 aromatic rings. The number of rotatable bonds is 3. The van der Waals surface area contributed by atoms with E-state index in [-0.39, 0.29) is 24.3 Å². The highest BCUT2D eigenvalue weighted by molar-refractivity contribution is 7.80. The molecule has 0 aromatic heterocycles. The van der Waals surface area contributed by atoms with E-state index >= 15 is 0 Å². The smallest absolute Gasteiger partial charge is 0.340 e. The molecule has 0 aliphatic carbocycles. The summed E-state index contributed by atoms with van der Waals surface area (Å²) < 4.78 is 4.83. The van der Waals surface area contributed by atoms with Crippen molar-refractivity contribution in [3.8, 4) is 6.07 Å². The van der Waals surface area contributed by atoms with Crippen LogP contribution in [0.5, 0.6) is 0 Å². The monoisotopic (exact) mass is 237 g/mol. The van der Waals surface area contributed by atoms with E-state index < -0.39 is 5.97 Å². The molecule has 0 radical (unpaired) electrons. The molecule has 84 valence electrons. The van der Waals surface area contributed by atoms with Crippen LogP contribution in [0.1, 0.15) is 28.4 Å². The summed E-state index contributed by atoms with van der Waals surface area (Å²) in [6, 6.07) is 4.92. The molecule has 0 amide bonds. The molecule has 4 nitrogen and oxygen atoms in total. The number of thiol groups is 1. The number of nitriles is 1. The molecule has 1 aromatic carbocycles. The third-order valence-electron chi connectivity index (χ3n) is 2.03. The lowest BCUT2D eigenvalue weighted by atomic mass is 10.0. The molecule has 0 fully saturated rings. The van der Waals surface area contributed by atoms with E-state index in [9.17, 15) is 4.79 Å². The highest BCUT2D eigenvalue weighted by Crippen LogP contribution is 2.23. The second kappa shape index (κ2) is 5.54. The first kappa shape index (κ1) is 12.6. The number of aliphatic hydroxyl groups excluding tert-OH is 1. The van der Waals surface area contributed by atoms with Crippen molar-refractivity contribution < 1.29 is 14.6 Å². The van der Waals surface area contributed by atoms with Crippen LogP contribution in [0.2, 0.25) is 0 Å². The molecule has 0 heterocycles. The van der Waals surface area contributed by atoms with Crippen LogP contribution in [0.25, 0.3) is 0 Å². The number of benzene rings is 1. The summed E-state index contributed by atoms with van der Waals surface area (Å²) in [5.41, 5.74) is 0.797. The number of aliphatic hydroxyl groups is 1. The Hall–Kier alpha value is -1.51. The van der Waals surface area contributed by atoms with Crippen molar-refractivity contribution in [3.63, 3.8) is 0 Å². The molecule has 0 aliphatic rings. The van der Waals surface area contributed by atoms with Gasteiger partial charge in [-0.05, 0) is 18.6 Å². The Morgan fingerprint density at radius 1 is 1.62 bits per heavy atom. The summed E-state index contributed by atoms with van der Waals surface area (Å²) in [5, 5.41) is 17.9. The maximum atomic E-state index is 11.6. The normalized spacial score (nSPS) is 9.62. The van der Waals surface area contributed by atoms with Gasteiger partial charge >= 0.3 is 5.97 Å². The average molecular weight is 237 g/mol. The van der Waals surface area contributed by atoms with Crippen molar-refractivity contribution in [2.24, 2.45) is 0 Å². The van der Waals surface area contributed by atoms with Crippen molar-refractivity contribution in [2.45, 2.75) is 18.4 Å². The van der Waals surface area contributed by atoms with Crippen LogP contribution in [0.15, 0.2) is 17.0 Å². The first-order chi connectivity index (χ1) is 7.65. The standard InChI is InChI=1S/C11H11NO3S/c1-2-15-11(14)9-7(5-12)3-4-8(6-13)10(9)16/h3-4,13,16H,2,6H2,1H3. The largest absolute Gasteiger partial charge is 0.462 e. The maximum Gasteiger partial charge on any atom is 0.340 e. The molecule has 0 saturated carbocycles. The number of esters is 1. The fourth-order valence-corrected chi connectivity index (χ4v) is 1.62. The Labute approximate surface area is 98.9 Å². The van der Waals surface area contributed by atoms with E-state index in [0.717, 1.165) is 0 Å². The van der Waals surface area contributed by atoms with Gasteiger partial charge in [0.2, 0.25) is 0 Å². The van der Waals surface area contributed by atoms with Gasteiger partial charge in [-0.15, -0.1) is 12.6 Å². The second-order valence-corrected chi connectivity index (χ2v) is 3.43. The van der Waals surface area contributed by atoms with Gasteiger partial charge in [-0.25, -0.2) is 4.79 Å². The SMILES string of the molecule is CCOC(=O)c1c(C#N)ccc(CO)c1S. The minimum Gasteiger partial charge on any atom is -0.462 e.